The van der Waals surface area contributed by atoms with Gasteiger partial charge in [0.05, 0.1) is 11.0 Å². The molecular formula is C11H15NS. The summed E-state index contributed by atoms with van der Waals surface area (Å²) in [5, 5.41) is 0. The normalized spacial score (nSPS) is 32.1. The van der Waals surface area contributed by atoms with E-state index in [0.29, 0.717) is 18.0 Å². The number of hydrogen-bond acceptors (Lipinski definition) is 1. The van der Waals surface area contributed by atoms with Gasteiger partial charge < -0.3 is 4.90 Å². The first-order valence-corrected chi connectivity index (χ1v) is 5.21. The Morgan fingerprint density at radius 2 is 2.31 bits per heavy atom. The van der Waals surface area contributed by atoms with Crippen molar-refractivity contribution in [3.05, 3.63) is 24.3 Å². The summed E-state index contributed by atoms with van der Waals surface area (Å²) in [5.74, 6) is 0.437. The monoisotopic (exact) mass is 193 g/mol. The van der Waals surface area contributed by atoms with E-state index < -0.39 is 0 Å². The van der Waals surface area contributed by atoms with E-state index in [-0.39, 0.29) is 0 Å². The number of thiocarbonyl (C=S) groups is 1. The third-order valence-electron chi connectivity index (χ3n) is 2.93. The first kappa shape index (κ1) is 8.95. The van der Waals surface area contributed by atoms with Gasteiger partial charge in [-0.05, 0) is 25.8 Å². The second-order valence-electron chi connectivity index (χ2n) is 4.08. The van der Waals surface area contributed by atoms with E-state index in [1.54, 1.807) is 0 Å². The zero-order chi connectivity index (χ0) is 9.59. The van der Waals surface area contributed by atoms with Crippen LogP contribution in [0.4, 0.5) is 0 Å². The second-order valence-corrected chi connectivity index (χ2v) is 4.49. The van der Waals surface area contributed by atoms with Crippen LogP contribution >= 0.6 is 12.2 Å². The van der Waals surface area contributed by atoms with Crippen LogP contribution in [0.3, 0.4) is 0 Å². The number of fused-ring (bicyclic) bond motifs is 2. The average molecular weight is 193 g/mol. The summed E-state index contributed by atoms with van der Waals surface area (Å²) in [4.78, 5) is 3.40. The average Bonchev–Trinajstić information content (AvgIpc) is 2.24. The standard InChI is InChI=1S/C11H15NS/c1-7(2)12-10-6-4-5-9(8(10)3)11(12)13/h4,6-7,9-10H,3,5H2,1-2H3/t9-,10+/m0/s1. The molecule has 0 saturated carbocycles. The minimum absolute atomic E-state index is 0.381. The number of rotatable bonds is 1. The maximum atomic E-state index is 5.46. The van der Waals surface area contributed by atoms with E-state index in [0.717, 1.165) is 11.4 Å². The first-order valence-electron chi connectivity index (χ1n) is 4.80. The molecule has 1 aliphatic carbocycles. The van der Waals surface area contributed by atoms with Gasteiger partial charge in [0.15, 0.2) is 0 Å². The molecule has 1 aliphatic heterocycles. The van der Waals surface area contributed by atoms with Crippen LogP contribution in [0, 0.1) is 5.92 Å². The van der Waals surface area contributed by atoms with Crippen molar-refractivity contribution in [1.82, 2.24) is 4.90 Å². The van der Waals surface area contributed by atoms with Crippen LogP contribution in [0.1, 0.15) is 20.3 Å². The predicted molar refractivity (Wildman–Crippen MR) is 59.7 cm³/mol. The number of hydrogen-bond donors (Lipinski definition) is 0. The Bertz CT molecular complexity index is 290. The van der Waals surface area contributed by atoms with Crippen LogP contribution in [-0.2, 0) is 0 Å². The molecule has 2 bridgehead atoms. The molecule has 0 unspecified atom stereocenters. The van der Waals surface area contributed by atoms with E-state index in [4.69, 9.17) is 12.2 Å². The summed E-state index contributed by atoms with van der Waals surface area (Å²) in [7, 11) is 0. The van der Waals surface area contributed by atoms with Gasteiger partial charge >= 0.3 is 0 Å². The summed E-state index contributed by atoms with van der Waals surface area (Å²) in [5.41, 5.74) is 1.29. The van der Waals surface area contributed by atoms with Crippen LogP contribution < -0.4 is 0 Å². The molecule has 0 spiro atoms. The molecule has 0 aromatic carbocycles. The lowest BCUT2D eigenvalue weighted by molar-refractivity contribution is 0.350. The number of nitrogens with zero attached hydrogens (tertiary/aromatic N) is 1. The van der Waals surface area contributed by atoms with Crippen LogP contribution in [0.5, 0.6) is 0 Å². The molecule has 0 aromatic rings. The molecule has 0 amide bonds. The van der Waals surface area contributed by atoms with Gasteiger partial charge in [-0.3, -0.25) is 0 Å². The van der Waals surface area contributed by atoms with Gasteiger partial charge in [-0.15, -0.1) is 0 Å². The van der Waals surface area contributed by atoms with Crippen molar-refractivity contribution in [2.75, 3.05) is 0 Å². The first-order chi connectivity index (χ1) is 6.13. The van der Waals surface area contributed by atoms with Gasteiger partial charge in [-0.25, -0.2) is 0 Å². The minimum Gasteiger partial charge on any atom is -0.353 e. The molecular weight excluding hydrogens is 178 g/mol. The Morgan fingerprint density at radius 1 is 1.62 bits per heavy atom. The Labute approximate surface area is 85.1 Å². The molecule has 1 heterocycles. The number of likely N-dealkylation sites (tertiary alicyclic amines) is 1. The molecule has 0 N–H and O–H groups in total. The minimum atomic E-state index is 0.381. The topological polar surface area (TPSA) is 3.24 Å². The van der Waals surface area contributed by atoms with Crippen molar-refractivity contribution in [3.8, 4) is 0 Å². The highest BCUT2D eigenvalue weighted by Gasteiger charge is 2.40. The van der Waals surface area contributed by atoms with Gasteiger partial charge in [0.25, 0.3) is 0 Å². The van der Waals surface area contributed by atoms with Crippen molar-refractivity contribution in [3.63, 3.8) is 0 Å². The maximum absolute atomic E-state index is 5.46. The molecule has 2 rings (SSSR count). The summed E-state index contributed by atoms with van der Waals surface area (Å²) < 4.78 is 0. The highest BCUT2D eigenvalue weighted by Crippen LogP contribution is 2.38. The van der Waals surface area contributed by atoms with E-state index >= 15 is 0 Å². The fraction of sp³-hybridized carbons (Fsp3) is 0.545. The highest BCUT2D eigenvalue weighted by atomic mass is 32.1. The third-order valence-corrected chi connectivity index (χ3v) is 3.42. The summed E-state index contributed by atoms with van der Waals surface area (Å²) in [6.07, 6.45) is 5.52. The molecule has 2 heteroatoms. The fourth-order valence-electron chi connectivity index (χ4n) is 2.25. The lowest BCUT2D eigenvalue weighted by atomic mass is 9.91. The Morgan fingerprint density at radius 3 is 2.85 bits per heavy atom. The van der Waals surface area contributed by atoms with Gasteiger partial charge in [0, 0.05) is 12.0 Å². The van der Waals surface area contributed by atoms with Crippen molar-refractivity contribution in [2.24, 2.45) is 5.92 Å². The fourth-order valence-corrected chi connectivity index (χ4v) is 2.82. The largest absolute Gasteiger partial charge is 0.353 e. The van der Waals surface area contributed by atoms with Crippen LogP contribution in [0.25, 0.3) is 0 Å². The van der Waals surface area contributed by atoms with Crippen molar-refractivity contribution >= 4 is 17.2 Å². The van der Waals surface area contributed by atoms with Gasteiger partial charge in [0.1, 0.15) is 0 Å². The van der Waals surface area contributed by atoms with Crippen LogP contribution in [0.15, 0.2) is 24.3 Å². The molecule has 1 saturated heterocycles. The Balaban J connectivity index is 2.38. The predicted octanol–water partition coefficient (Wildman–Crippen LogP) is 2.54. The van der Waals surface area contributed by atoms with E-state index in [2.05, 4.69) is 37.5 Å². The summed E-state index contributed by atoms with van der Waals surface area (Å²) >= 11 is 5.46. The molecule has 2 aliphatic rings. The van der Waals surface area contributed by atoms with Crippen molar-refractivity contribution in [2.45, 2.75) is 32.4 Å². The Hall–Kier alpha value is -0.630. The molecule has 1 fully saturated rings. The van der Waals surface area contributed by atoms with Crippen LogP contribution in [-0.4, -0.2) is 22.0 Å². The SMILES string of the molecule is C=C1[C@@H]2CC=C[C@H]1N(C(C)C)C2=S. The molecule has 0 radical (unpaired) electrons. The number of allylic oxidation sites excluding steroid dienone is 1. The smallest absolute Gasteiger partial charge is 0.0865 e. The van der Waals surface area contributed by atoms with E-state index in [1.807, 2.05) is 0 Å². The lowest BCUT2D eigenvalue weighted by Crippen LogP contribution is -2.37. The molecule has 13 heavy (non-hydrogen) atoms. The zero-order valence-electron chi connectivity index (χ0n) is 8.16. The zero-order valence-corrected chi connectivity index (χ0v) is 8.97. The van der Waals surface area contributed by atoms with Crippen molar-refractivity contribution in [1.29, 1.82) is 0 Å². The van der Waals surface area contributed by atoms with E-state index in [1.165, 1.54) is 5.57 Å². The van der Waals surface area contributed by atoms with E-state index in [9.17, 15) is 0 Å². The lowest BCUT2D eigenvalue weighted by Gasteiger charge is -2.28. The molecule has 2 atom stereocenters. The third kappa shape index (κ3) is 1.16. The van der Waals surface area contributed by atoms with Gasteiger partial charge in [-0.1, -0.05) is 30.9 Å². The van der Waals surface area contributed by atoms with Gasteiger partial charge in [0.2, 0.25) is 0 Å². The van der Waals surface area contributed by atoms with Crippen molar-refractivity contribution < 1.29 is 0 Å². The van der Waals surface area contributed by atoms with Gasteiger partial charge in [-0.2, -0.15) is 0 Å². The quantitative estimate of drug-likeness (QED) is 0.465. The molecule has 1 nitrogen and oxygen atoms in total. The summed E-state index contributed by atoms with van der Waals surface area (Å²) in [6.45, 7) is 8.52. The maximum Gasteiger partial charge on any atom is 0.0865 e. The Kier molecular flexibility index (Phi) is 2.03. The molecule has 70 valence electrons. The van der Waals surface area contributed by atoms with Crippen LogP contribution in [0.2, 0.25) is 0 Å². The highest BCUT2D eigenvalue weighted by molar-refractivity contribution is 7.80. The summed E-state index contributed by atoms with van der Waals surface area (Å²) in [6, 6.07) is 0.869. The second kappa shape index (κ2) is 2.95. The molecule has 0 aromatic heterocycles.